The number of nitro benzene ring substituents is 1. The zero-order chi connectivity index (χ0) is 23.5. The Balaban J connectivity index is 1.60. The Labute approximate surface area is 192 Å². The van der Waals surface area contributed by atoms with Gasteiger partial charge in [0.25, 0.3) is 11.6 Å². The highest BCUT2D eigenvalue weighted by molar-refractivity contribution is 6.34. The molecule has 0 aliphatic heterocycles. The molecule has 2 aromatic carbocycles. The van der Waals surface area contributed by atoms with Crippen molar-refractivity contribution in [2.24, 2.45) is 0 Å². The van der Waals surface area contributed by atoms with Crippen molar-refractivity contribution in [3.05, 3.63) is 105 Å². The van der Waals surface area contributed by atoms with Crippen molar-refractivity contribution in [1.29, 1.82) is 0 Å². The van der Waals surface area contributed by atoms with Crippen LogP contribution in [0, 0.1) is 17.0 Å². The van der Waals surface area contributed by atoms with Gasteiger partial charge in [0.2, 0.25) is 6.10 Å². The number of aromatic nitrogens is 2. The molecule has 0 bridgehead atoms. The number of nitrogens with one attached hydrogen (secondary N) is 1. The average Bonchev–Trinajstić information content (AvgIpc) is 3.22. The molecule has 2 heterocycles. The highest BCUT2D eigenvalue weighted by Crippen LogP contribution is 2.29. The fourth-order valence-electron chi connectivity index (χ4n) is 3.17. The van der Waals surface area contributed by atoms with Crippen LogP contribution >= 0.6 is 11.6 Å². The van der Waals surface area contributed by atoms with Gasteiger partial charge in [0, 0.05) is 30.1 Å². The summed E-state index contributed by atoms with van der Waals surface area (Å²) < 4.78 is 7.22. The first-order chi connectivity index (χ1) is 15.8. The minimum atomic E-state index is -1.31. The summed E-state index contributed by atoms with van der Waals surface area (Å²) in [6, 6.07) is 15.8. The Kier molecular flexibility index (Phi) is 6.05. The van der Waals surface area contributed by atoms with Gasteiger partial charge < -0.3 is 14.5 Å². The fourth-order valence-corrected chi connectivity index (χ4v) is 3.39. The Bertz CT molecular complexity index is 1370. The van der Waals surface area contributed by atoms with Gasteiger partial charge in [-0.3, -0.25) is 14.9 Å². The number of non-ortho nitro benzene ring substituents is 1. The van der Waals surface area contributed by atoms with Crippen LogP contribution in [0.3, 0.4) is 0 Å². The molecule has 1 N–H and O–H groups in total. The number of rotatable bonds is 6. The summed E-state index contributed by atoms with van der Waals surface area (Å²) in [5.41, 5.74) is 1.96. The van der Waals surface area contributed by atoms with Gasteiger partial charge in [0.15, 0.2) is 5.69 Å². The summed E-state index contributed by atoms with van der Waals surface area (Å²) in [7, 11) is 0. The molecule has 4 rings (SSSR count). The Morgan fingerprint density at radius 1 is 1.15 bits per heavy atom. The molecular formula is C23H17ClN4O5. The largest absolute Gasteiger partial charge is 0.443 e. The maximum atomic E-state index is 13.1. The first kappa shape index (κ1) is 22.0. The van der Waals surface area contributed by atoms with Crippen molar-refractivity contribution in [2.45, 2.75) is 13.0 Å². The van der Waals surface area contributed by atoms with E-state index < -0.39 is 22.9 Å². The number of ether oxygens (including phenoxy) is 1. The number of imidazole rings is 1. The molecule has 0 saturated carbocycles. The third-order valence-electron chi connectivity index (χ3n) is 4.81. The van der Waals surface area contributed by atoms with Crippen molar-refractivity contribution in [3.8, 4) is 0 Å². The van der Waals surface area contributed by atoms with Crippen molar-refractivity contribution < 1.29 is 19.2 Å². The van der Waals surface area contributed by atoms with Crippen molar-refractivity contribution >= 4 is 40.5 Å². The Hall–Kier alpha value is -4.24. The van der Waals surface area contributed by atoms with Crippen LogP contribution in [0.4, 0.5) is 11.4 Å². The number of fused-ring (bicyclic) bond motifs is 1. The second kappa shape index (κ2) is 9.09. The number of hydrogen-bond acceptors (Lipinski definition) is 6. The Morgan fingerprint density at radius 3 is 2.61 bits per heavy atom. The minimum Gasteiger partial charge on any atom is -0.443 e. The van der Waals surface area contributed by atoms with E-state index in [1.54, 1.807) is 40.9 Å². The van der Waals surface area contributed by atoms with Gasteiger partial charge in [-0.15, -0.1) is 0 Å². The molecule has 166 valence electrons. The smallest absolute Gasteiger partial charge is 0.359 e. The predicted molar refractivity (Wildman–Crippen MR) is 121 cm³/mol. The normalized spacial score (nSPS) is 11.7. The standard InChI is InChI=1S/C23H17ClN4O5/c1-14-9-10-27-13-19(25-20(27)11-14)23(30)33-21(15-5-3-2-4-6-15)22(29)26-18-8-7-16(28(31)32)12-17(18)24/h2-13,21H,1H3,(H,26,29). The van der Waals surface area contributed by atoms with E-state index in [-0.39, 0.29) is 22.1 Å². The number of benzene rings is 2. The van der Waals surface area contributed by atoms with E-state index in [9.17, 15) is 19.7 Å². The van der Waals surface area contributed by atoms with Crippen LogP contribution in [-0.4, -0.2) is 26.2 Å². The molecule has 0 spiro atoms. The van der Waals surface area contributed by atoms with Crippen molar-refractivity contribution in [2.75, 3.05) is 5.32 Å². The van der Waals surface area contributed by atoms with E-state index >= 15 is 0 Å². The van der Waals surface area contributed by atoms with Crippen molar-refractivity contribution in [3.63, 3.8) is 0 Å². The highest BCUT2D eigenvalue weighted by atomic mass is 35.5. The molecule has 0 aliphatic rings. The number of anilines is 1. The summed E-state index contributed by atoms with van der Waals surface area (Å²) in [6.45, 7) is 1.91. The topological polar surface area (TPSA) is 116 Å². The SMILES string of the molecule is Cc1ccn2cc(C(=O)OC(C(=O)Nc3ccc([N+](=O)[O-])cc3Cl)c3ccccc3)nc2c1. The second-order valence-electron chi connectivity index (χ2n) is 7.20. The summed E-state index contributed by atoms with van der Waals surface area (Å²) in [5, 5.41) is 13.5. The minimum absolute atomic E-state index is 0.0218. The monoisotopic (exact) mass is 464 g/mol. The molecule has 0 saturated heterocycles. The summed E-state index contributed by atoms with van der Waals surface area (Å²) >= 11 is 6.09. The molecule has 1 amide bonds. The van der Waals surface area contributed by atoms with Crippen LogP contribution in [0.1, 0.15) is 27.7 Å². The van der Waals surface area contributed by atoms with Gasteiger partial charge in [-0.25, -0.2) is 9.78 Å². The molecule has 2 aromatic heterocycles. The number of carbonyl (C=O) groups excluding carboxylic acids is 2. The number of esters is 1. The zero-order valence-corrected chi connectivity index (χ0v) is 18.0. The molecule has 10 heteroatoms. The third kappa shape index (κ3) is 4.83. The van der Waals surface area contributed by atoms with Crippen LogP contribution in [0.2, 0.25) is 5.02 Å². The number of pyridine rings is 1. The third-order valence-corrected chi connectivity index (χ3v) is 5.12. The van der Waals surface area contributed by atoms with Crippen molar-refractivity contribution in [1.82, 2.24) is 9.38 Å². The molecule has 9 nitrogen and oxygen atoms in total. The summed E-state index contributed by atoms with van der Waals surface area (Å²) in [5.74, 6) is -1.46. The van der Waals surface area contributed by atoms with Crippen LogP contribution in [0.5, 0.6) is 0 Å². The molecule has 1 atom stereocenters. The predicted octanol–water partition coefficient (Wildman–Crippen LogP) is 4.74. The van der Waals surface area contributed by atoms with Crippen LogP contribution in [0.15, 0.2) is 73.1 Å². The number of nitro groups is 1. The van der Waals surface area contributed by atoms with E-state index in [2.05, 4.69) is 10.3 Å². The lowest BCUT2D eigenvalue weighted by molar-refractivity contribution is -0.384. The van der Waals surface area contributed by atoms with E-state index in [4.69, 9.17) is 16.3 Å². The van der Waals surface area contributed by atoms with Gasteiger partial charge >= 0.3 is 5.97 Å². The Morgan fingerprint density at radius 2 is 1.91 bits per heavy atom. The maximum absolute atomic E-state index is 13.1. The molecule has 0 aliphatic carbocycles. The highest BCUT2D eigenvalue weighted by Gasteiger charge is 2.27. The van der Waals surface area contributed by atoms with Gasteiger partial charge in [-0.2, -0.15) is 0 Å². The number of hydrogen-bond donors (Lipinski definition) is 1. The second-order valence-corrected chi connectivity index (χ2v) is 7.61. The lowest BCUT2D eigenvalue weighted by Crippen LogP contribution is -2.26. The first-order valence-corrected chi connectivity index (χ1v) is 10.2. The molecule has 33 heavy (non-hydrogen) atoms. The maximum Gasteiger partial charge on any atom is 0.359 e. The van der Waals surface area contributed by atoms with E-state index in [0.717, 1.165) is 11.6 Å². The molecule has 0 radical (unpaired) electrons. The lowest BCUT2D eigenvalue weighted by Gasteiger charge is -2.18. The van der Waals surface area contributed by atoms with E-state index in [1.807, 2.05) is 19.1 Å². The number of carbonyl (C=O) groups is 2. The molecule has 4 aromatic rings. The van der Waals surface area contributed by atoms with Crippen LogP contribution < -0.4 is 5.32 Å². The average molecular weight is 465 g/mol. The summed E-state index contributed by atoms with van der Waals surface area (Å²) in [4.78, 5) is 40.5. The molecular weight excluding hydrogens is 448 g/mol. The van der Waals surface area contributed by atoms with Crippen LogP contribution in [-0.2, 0) is 9.53 Å². The zero-order valence-electron chi connectivity index (χ0n) is 17.3. The van der Waals surface area contributed by atoms with E-state index in [0.29, 0.717) is 11.2 Å². The van der Waals surface area contributed by atoms with E-state index in [1.165, 1.54) is 18.3 Å². The number of aryl methyl sites for hydroxylation is 1. The quantitative estimate of drug-likeness (QED) is 0.250. The fraction of sp³-hybridized carbons (Fsp3) is 0.0870. The van der Waals surface area contributed by atoms with Gasteiger partial charge in [0.1, 0.15) is 5.65 Å². The van der Waals surface area contributed by atoms with Gasteiger partial charge in [-0.05, 0) is 30.7 Å². The van der Waals surface area contributed by atoms with Crippen LogP contribution in [0.25, 0.3) is 5.65 Å². The molecule has 1 unspecified atom stereocenters. The number of amides is 1. The first-order valence-electron chi connectivity index (χ1n) is 9.78. The molecule has 0 fully saturated rings. The lowest BCUT2D eigenvalue weighted by atomic mass is 10.1. The van der Waals surface area contributed by atoms with Gasteiger partial charge in [-0.1, -0.05) is 41.9 Å². The summed E-state index contributed by atoms with van der Waals surface area (Å²) in [6.07, 6.45) is 1.98. The number of nitrogens with zero attached hydrogens (tertiary/aromatic N) is 3. The number of halogens is 1. The van der Waals surface area contributed by atoms with Gasteiger partial charge in [0.05, 0.1) is 15.6 Å².